The average molecular weight is 277 g/mol. The molecule has 1 aromatic heterocycles. The van der Waals surface area contributed by atoms with Crippen molar-refractivity contribution in [1.29, 1.82) is 5.26 Å². The van der Waals surface area contributed by atoms with Crippen LogP contribution in [0.1, 0.15) is 11.1 Å². The Morgan fingerprint density at radius 1 is 1.14 bits per heavy atom. The van der Waals surface area contributed by atoms with Crippen LogP contribution in [0, 0.1) is 17.1 Å². The highest BCUT2D eigenvalue weighted by atomic mass is 19.1. The molecular weight excluding hydrogens is 265 g/mol. The first-order chi connectivity index (χ1) is 10.3. The van der Waals surface area contributed by atoms with Gasteiger partial charge in [0.1, 0.15) is 11.9 Å². The molecule has 0 aliphatic carbocycles. The van der Waals surface area contributed by atoms with Gasteiger partial charge in [0, 0.05) is 18.1 Å². The lowest BCUT2D eigenvalue weighted by molar-refractivity contribution is 0.626. The van der Waals surface area contributed by atoms with E-state index >= 15 is 0 Å². The summed E-state index contributed by atoms with van der Waals surface area (Å²) < 4.78 is 13.2. The van der Waals surface area contributed by atoms with Crippen molar-refractivity contribution < 1.29 is 4.39 Å². The molecule has 0 aliphatic heterocycles. The van der Waals surface area contributed by atoms with Crippen molar-refractivity contribution in [2.24, 2.45) is 0 Å². The lowest BCUT2D eigenvalue weighted by atomic mass is 10.1. The van der Waals surface area contributed by atoms with Crippen LogP contribution >= 0.6 is 0 Å². The zero-order valence-electron chi connectivity index (χ0n) is 11.2. The molecule has 4 heteroatoms. The molecule has 2 aromatic carbocycles. The maximum Gasteiger partial charge on any atom is 0.123 e. The van der Waals surface area contributed by atoms with E-state index in [1.54, 1.807) is 12.3 Å². The van der Waals surface area contributed by atoms with Crippen molar-refractivity contribution in [1.82, 2.24) is 4.98 Å². The van der Waals surface area contributed by atoms with Gasteiger partial charge < -0.3 is 5.32 Å². The number of fused-ring (bicyclic) bond motifs is 1. The first kappa shape index (κ1) is 13.1. The smallest absolute Gasteiger partial charge is 0.123 e. The van der Waals surface area contributed by atoms with Crippen LogP contribution in [0.5, 0.6) is 0 Å². The molecule has 3 aromatic rings. The zero-order valence-corrected chi connectivity index (χ0v) is 11.2. The van der Waals surface area contributed by atoms with Crippen molar-refractivity contribution in [3.8, 4) is 6.07 Å². The Morgan fingerprint density at radius 3 is 2.81 bits per heavy atom. The molecule has 102 valence electrons. The fourth-order valence-corrected chi connectivity index (χ4v) is 2.25. The zero-order chi connectivity index (χ0) is 14.7. The predicted octanol–water partition coefficient (Wildman–Crippen LogP) is 3.86. The summed E-state index contributed by atoms with van der Waals surface area (Å²) in [5, 5.41) is 13.3. The van der Waals surface area contributed by atoms with Gasteiger partial charge in [-0.1, -0.05) is 30.3 Å². The highest BCUT2D eigenvalue weighted by Gasteiger charge is 2.08. The number of nitrogens with zero attached hydrogens (tertiary/aromatic N) is 2. The second-order valence-corrected chi connectivity index (χ2v) is 4.66. The van der Waals surface area contributed by atoms with Crippen LogP contribution in [0.2, 0.25) is 0 Å². The summed E-state index contributed by atoms with van der Waals surface area (Å²) in [6.45, 7) is 0.445. The Labute approximate surface area is 121 Å². The first-order valence-electron chi connectivity index (χ1n) is 6.54. The van der Waals surface area contributed by atoms with E-state index in [1.807, 2.05) is 30.3 Å². The Morgan fingerprint density at radius 2 is 2.00 bits per heavy atom. The van der Waals surface area contributed by atoms with Crippen molar-refractivity contribution in [2.45, 2.75) is 6.54 Å². The van der Waals surface area contributed by atoms with E-state index in [9.17, 15) is 9.65 Å². The molecule has 0 radical (unpaired) electrons. The summed E-state index contributed by atoms with van der Waals surface area (Å²) in [5.74, 6) is -0.269. The van der Waals surface area contributed by atoms with Crippen LogP contribution in [0.3, 0.4) is 0 Å². The molecule has 0 saturated carbocycles. The number of nitrogens with one attached hydrogen (secondary N) is 1. The van der Waals surface area contributed by atoms with Crippen LogP contribution < -0.4 is 5.32 Å². The molecule has 1 N–H and O–H groups in total. The summed E-state index contributed by atoms with van der Waals surface area (Å²) in [7, 11) is 0. The fourth-order valence-electron chi connectivity index (χ4n) is 2.25. The van der Waals surface area contributed by atoms with Gasteiger partial charge in [-0.25, -0.2) is 4.39 Å². The number of anilines is 1. The number of hydrogen-bond acceptors (Lipinski definition) is 3. The largest absolute Gasteiger partial charge is 0.379 e. The van der Waals surface area contributed by atoms with Gasteiger partial charge in [-0.05, 0) is 23.8 Å². The van der Waals surface area contributed by atoms with Crippen molar-refractivity contribution in [3.05, 3.63) is 71.7 Å². The Kier molecular flexibility index (Phi) is 3.48. The maximum atomic E-state index is 13.2. The normalized spacial score (nSPS) is 10.3. The lowest BCUT2D eigenvalue weighted by Crippen LogP contribution is -2.03. The monoisotopic (exact) mass is 277 g/mol. The van der Waals surface area contributed by atoms with Crippen molar-refractivity contribution in [2.75, 3.05) is 5.32 Å². The molecule has 1 heterocycles. The van der Waals surface area contributed by atoms with E-state index in [-0.39, 0.29) is 5.82 Å². The van der Waals surface area contributed by atoms with Crippen molar-refractivity contribution in [3.63, 3.8) is 0 Å². The number of rotatable bonds is 3. The van der Waals surface area contributed by atoms with Crippen molar-refractivity contribution >= 4 is 16.6 Å². The van der Waals surface area contributed by atoms with E-state index in [1.165, 1.54) is 12.1 Å². The minimum absolute atomic E-state index is 0.269. The van der Waals surface area contributed by atoms with Gasteiger partial charge in [-0.3, -0.25) is 4.98 Å². The third-order valence-electron chi connectivity index (χ3n) is 3.25. The second-order valence-electron chi connectivity index (χ2n) is 4.66. The number of halogens is 1. The van der Waals surface area contributed by atoms with E-state index in [4.69, 9.17) is 0 Å². The third kappa shape index (κ3) is 2.67. The summed E-state index contributed by atoms with van der Waals surface area (Å²) in [4.78, 5) is 4.26. The van der Waals surface area contributed by atoms with E-state index in [0.717, 1.165) is 22.2 Å². The topological polar surface area (TPSA) is 48.7 Å². The van der Waals surface area contributed by atoms with E-state index in [0.29, 0.717) is 12.1 Å². The van der Waals surface area contributed by atoms with Crippen LogP contribution in [-0.4, -0.2) is 4.98 Å². The highest BCUT2D eigenvalue weighted by molar-refractivity contribution is 5.93. The van der Waals surface area contributed by atoms with Crippen LogP contribution in [-0.2, 0) is 6.54 Å². The number of pyridine rings is 1. The van der Waals surface area contributed by atoms with Gasteiger partial charge >= 0.3 is 0 Å². The molecule has 0 aliphatic rings. The van der Waals surface area contributed by atoms with Gasteiger partial charge in [0.2, 0.25) is 0 Å². The fraction of sp³-hybridized carbons (Fsp3) is 0.0588. The van der Waals surface area contributed by atoms with Gasteiger partial charge in [0.15, 0.2) is 0 Å². The molecule has 0 amide bonds. The SMILES string of the molecule is N#Cc1cnc2ccccc2c1NCc1cccc(F)c1. The minimum atomic E-state index is -0.269. The third-order valence-corrected chi connectivity index (χ3v) is 3.25. The van der Waals surface area contributed by atoms with Gasteiger partial charge in [-0.15, -0.1) is 0 Å². The summed E-state index contributed by atoms with van der Waals surface area (Å²) in [6.07, 6.45) is 1.55. The van der Waals surface area contributed by atoms with Gasteiger partial charge in [0.25, 0.3) is 0 Å². The molecule has 3 rings (SSSR count). The number of para-hydroxylation sites is 1. The Bertz CT molecular complexity index is 837. The summed E-state index contributed by atoms with van der Waals surface area (Å²) in [6, 6.07) is 16.1. The number of aromatic nitrogens is 1. The maximum absolute atomic E-state index is 13.2. The molecule has 0 bridgehead atoms. The number of nitriles is 1. The average Bonchev–Trinajstić information content (AvgIpc) is 2.52. The van der Waals surface area contributed by atoms with E-state index < -0.39 is 0 Å². The Hall–Kier alpha value is -2.93. The standard InChI is InChI=1S/C17H12FN3/c18-14-5-3-4-12(8-14)10-21-17-13(9-19)11-20-16-7-2-1-6-15(16)17/h1-8,11H,10H2,(H,20,21). The molecule has 3 nitrogen and oxygen atoms in total. The molecule has 0 atom stereocenters. The van der Waals surface area contributed by atoms with Crippen LogP contribution in [0.25, 0.3) is 10.9 Å². The number of hydrogen-bond donors (Lipinski definition) is 1. The molecule has 0 fully saturated rings. The van der Waals surface area contributed by atoms with Gasteiger partial charge in [-0.2, -0.15) is 5.26 Å². The molecular formula is C17H12FN3. The van der Waals surface area contributed by atoms with Gasteiger partial charge in [0.05, 0.1) is 16.8 Å². The molecule has 0 spiro atoms. The minimum Gasteiger partial charge on any atom is -0.379 e. The molecule has 0 saturated heterocycles. The van der Waals surface area contributed by atoms with E-state index in [2.05, 4.69) is 16.4 Å². The first-order valence-corrected chi connectivity index (χ1v) is 6.54. The summed E-state index contributed by atoms with van der Waals surface area (Å²) >= 11 is 0. The van der Waals surface area contributed by atoms with Crippen LogP contribution in [0.4, 0.5) is 10.1 Å². The molecule has 21 heavy (non-hydrogen) atoms. The number of benzene rings is 2. The Balaban J connectivity index is 1.98. The second kappa shape index (κ2) is 5.59. The highest BCUT2D eigenvalue weighted by Crippen LogP contribution is 2.25. The van der Waals surface area contributed by atoms with Crippen LogP contribution in [0.15, 0.2) is 54.7 Å². The molecule has 0 unspecified atom stereocenters. The summed E-state index contributed by atoms with van der Waals surface area (Å²) in [5.41, 5.74) is 2.84. The predicted molar refractivity (Wildman–Crippen MR) is 80.2 cm³/mol. The lowest BCUT2D eigenvalue weighted by Gasteiger charge is -2.11. The quantitative estimate of drug-likeness (QED) is 0.791.